The first-order chi connectivity index (χ1) is 11.0. The van der Waals surface area contributed by atoms with Crippen molar-refractivity contribution in [3.63, 3.8) is 0 Å². The van der Waals surface area contributed by atoms with Gasteiger partial charge in [0.1, 0.15) is 5.00 Å². The maximum Gasteiger partial charge on any atom is 0.340 e. The lowest BCUT2D eigenvalue weighted by Crippen LogP contribution is -2.21. The minimum atomic E-state index is -0.490. The fraction of sp³-hybridized carbons (Fsp3) is 0.250. The maximum atomic E-state index is 12.0. The third kappa shape index (κ3) is 4.23. The molecule has 0 spiro atoms. The monoisotopic (exact) mass is 335 g/mol. The van der Waals surface area contributed by atoms with Crippen molar-refractivity contribution in [1.29, 1.82) is 0 Å². The molecule has 0 aliphatic rings. The zero-order valence-electron chi connectivity index (χ0n) is 13.0. The molecule has 23 heavy (non-hydrogen) atoms. The summed E-state index contributed by atoms with van der Waals surface area (Å²) < 4.78 is 15.3. The fourth-order valence-corrected chi connectivity index (χ4v) is 2.83. The average Bonchev–Trinajstić information content (AvgIpc) is 2.92. The Balaban J connectivity index is 2.02. The smallest absolute Gasteiger partial charge is 0.340 e. The van der Waals surface area contributed by atoms with Crippen molar-refractivity contribution in [1.82, 2.24) is 0 Å². The molecule has 0 unspecified atom stereocenters. The molecule has 0 saturated heterocycles. The minimum Gasteiger partial charge on any atom is -0.493 e. The van der Waals surface area contributed by atoms with Gasteiger partial charge in [-0.05, 0) is 25.1 Å². The van der Waals surface area contributed by atoms with Gasteiger partial charge in [-0.15, -0.1) is 11.3 Å². The van der Waals surface area contributed by atoms with Gasteiger partial charge in [-0.3, -0.25) is 4.79 Å². The van der Waals surface area contributed by atoms with Gasteiger partial charge in [-0.2, -0.15) is 0 Å². The Kier molecular flexibility index (Phi) is 5.59. The van der Waals surface area contributed by atoms with E-state index >= 15 is 0 Å². The number of nitrogens with one attached hydrogen (secondary N) is 1. The van der Waals surface area contributed by atoms with E-state index < -0.39 is 5.97 Å². The number of carbonyl (C=O) groups is 2. The fourth-order valence-electron chi connectivity index (χ4n) is 1.91. The number of methoxy groups -OCH3 is 2. The Bertz CT molecular complexity index is 710. The summed E-state index contributed by atoms with van der Waals surface area (Å²) in [6.07, 6.45) is 0. The highest BCUT2D eigenvalue weighted by Crippen LogP contribution is 2.29. The van der Waals surface area contributed by atoms with Crippen LogP contribution in [0.5, 0.6) is 11.5 Å². The molecule has 0 aliphatic carbocycles. The van der Waals surface area contributed by atoms with Crippen LogP contribution in [-0.4, -0.2) is 32.7 Å². The zero-order valence-corrected chi connectivity index (χ0v) is 13.9. The largest absolute Gasteiger partial charge is 0.493 e. The molecule has 122 valence electrons. The summed E-state index contributed by atoms with van der Waals surface area (Å²) in [4.78, 5) is 24.6. The Morgan fingerprint density at radius 1 is 1.17 bits per heavy atom. The molecular formula is C16H17NO5S. The Morgan fingerprint density at radius 2 is 1.87 bits per heavy atom. The molecule has 1 N–H and O–H groups in total. The van der Waals surface area contributed by atoms with Crippen LogP contribution in [-0.2, 0) is 9.53 Å². The first kappa shape index (κ1) is 16.8. The molecule has 7 heteroatoms. The number of ether oxygens (including phenoxy) is 3. The number of aryl methyl sites for hydroxylation is 1. The van der Waals surface area contributed by atoms with Crippen molar-refractivity contribution >= 4 is 28.2 Å². The van der Waals surface area contributed by atoms with E-state index in [4.69, 9.17) is 14.2 Å². The molecule has 1 aromatic carbocycles. The molecule has 0 radical (unpaired) electrons. The highest BCUT2D eigenvalue weighted by Gasteiger charge is 2.17. The lowest BCUT2D eigenvalue weighted by Gasteiger charge is -2.10. The SMILES string of the molecule is COC(=O)c1cc(C)sc1NC(=O)COc1ccccc1OC. The quantitative estimate of drug-likeness (QED) is 0.822. The molecule has 0 aliphatic heterocycles. The van der Waals surface area contributed by atoms with Crippen molar-refractivity contribution in [2.75, 3.05) is 26.1 Å². The van der Waals surface area contributed by atoms with E-state index in [0.717, 1.165) is 4.88 Å². The van der Waals surface area contributed by atoms with Gasteiger partial charge in [-0.1, -0.05) is 12.1 Å². The van der Waals surface area contributed by atoms with Crippen LogP contribution >= 0.6 is 11.3 Å². The van der Waals surface area contributed by atoms with E-state index in [1.807, 2.05) is 13.0 Å². The van der Waals surface area contributed by atoms with Crippen LogP contribution in [0.1, 0.15) is 15.2 Å². The number of rotatable bonds is 6. The topological polar surface area (TPSA) is 73.9 Å². The van der Waals surface area contributed by atoms with Gasteiger partial charge >= 0.3 is 5.97 Å². The van der Waals surface area contributed by atoms with Crippen molar-refractivity contribution in [2.24, 2.45) is 0 Å². The van der Waals surface area contributed by atoms with Crippen molar-refractivity contribution in [3.05, 3.63) is 40.8 Å². The number of esters is 1. The molecule has 0 fully saturated rings. The van der Waals surface area contributed by atoms with Gasteiger partial charge in [-0.25, -0.2) is 4.79 Å². The van der Waals surface area contributed by atoms with Crippen molar-refractivity contribution in [2.45, 2.75) is 6.92 Å². The Morgan fingerprint density at radius 3 is 2.52 bits per heavy atom. The normalized spacial score (nSPS) is 10.0. The molecular weight excluding hydrogens is 318 g/mol. The molecule has 0 saturated carbocycles. The van der Waals surface area contributed by atoms with E-state index in [-0.39, 0.29) is 12.5 Å². The summed E-state index contributed by atoms with van der Waals surface area (Å²) in [5, 5.41) is 3.11. The van der Waals surface area contributed by atoms with Crippen LogP contribution in [0.3, 0.4) is 0 Å². The van der Waals surface area contributed by atoms with E-state index in [2.05, 4.69) is 5.32 Å². The van der Waals surface area contributed by atoms with Crippen LogP contribution in [0.2, 0.25) is 0 Å². The number of carbonyl (C=O) groups excluding carboxylic acids is 2. The minimum absolute atomic E-state index is 0.196. The summed E-state index contributed by atoms with van der Waals surface area (Å²) in [5.41, 5.74) is 0.334. The molecule has 1 aromatic heterocycles. The number of hydrogen-bond acceptors (Lipinski definition) is 6. The van der Waals surface area contributed by atoms with Gasteiger partial charge < -0.3 is 19.5 Å². The second kappa shape index (κ2) is 7.64. The maximum absolute atomic E-state index is 12.0. The van der Waals surface area contributed by atoms with Gasteiger partial charge in [0.15, 0.2) is 18.1 Å². The van der Waals surface area contributed by atoms with Gasteiger partial charge in [0.2, 0.25) is 0 Å². The lowest BCUT2D eigenvalue weighted by atomic mass is 10.3. The second-order valence-corrected chi connectivity index (χ2v) is 5.84. The Labute approximate surface area is 138 Å². The summed E-state index contributed by atoms with van der Waals surface area (Å²) in [7, 11) is 2.82. The van der Waals surface area contributed by atoms with Crippen LogP contribution in [0.25, 0.3) is 0 Å². The number of hydrogen-bond donors (Lipinski definition) is 1. The number of thiophene rings is 1. The first-order valence-corrected chi connectivity index (χ1v) is 7.61. The Hall–Kier alpha value is -2.54. The standard InChI is InChI=1S/C16H17NO5S/c1-10-8-11(16(19)21-3)15(23-10)17-14(18)9-22-13-7-5-4-6-12(13)20-2/h4-8H,9H2,1-3H3,(H,17,18). The number of para-hydroxylation sites is 2. The molecule has 1 amide bonds. The molecule has 2 aromatic rings. The van der Waals surface area contributed by atoms with Crippen LogP contribution < -0.4 is 14.8 Å². The number of benzene rings is 1. The van der Waals surface area contributed by atoms with E-state index in [1.165, 1.54) is 25.6 Å². The third-order valence-corrected chi connectivity index (χ3v) is 3.91. The molecule has 2 rings (SSSR count). The lowest BCUT2D eigenvalue weighted by molar-refractivity contribution is -0.118. The van der Waals surface area contributed by atoms with Crippen LogP contribution in [0.15, 0.2) is 30.3 Å². The molecule has 0 atom stereocenters. The van der Waals surface area contributed by atoms with E-state index in [9.17, 15) is 9.59 Å². The van der Waals surface area contributed by atoms with E-state index in [0.29, 0.717) is 22.1 Å². The van der Waals surface area contributed by atoms with E-state index in [1.54, 1.807) is 24.3 Å². The van der Waals surface area contributed by atoms with Crippen molar-refractivity contribution in [3.8, 4) is 11.5 Å². The third-order valence-electron chi connectivity index (χ3n) is 2.94. The number of amides is 1. The highest BCUT2D eigenvalue weighted by molar-refractivity contribution is 7.16. The van der Waals surface area contributed by atoms with Crippen molar-refractivity contribution < 1.29 is 23.8 Å². The molecule has 0 bridgehead atoms. The van der Waals surface area contributed by atoms with Gasteiger partial charge in [0.25, 0.3) is 5.91 Å². The average molecular weight is 335 g/mol. The number of anilines is 1. The van der Waals surface area contributed by atoms with Crippen LogP contribution in [0, 0.1) is 6.92 Å². The van der Waals surface area contributed by atoms with Gasteiger partial charge in [0.05, 0.1) is 19.8 Å². The summed E-state index contributed by atoms with van der Waals surface area (Å²) in [6.45, 7) is 1.65. The first-order valence-electron chi connectivity index (χ1n) is 6.79. The summed E-state index contributed by atoms with van der Waals surface area (Å²) in [6, 6.07) is 8.72. The predicted molar refractivity (Wildman–Crippen MR) is 87.5 cm³/mol. The predicted octanol–water partition coefficient (Wildman–Crippen LogP) is 2.87. The summed E-state index contributed by atoms with van der Waals surface area (Å²) >= 11 is 1.30. The molecule has 6 nitrogen and oxygen atoms in total. The summed E-state index contributed by atoms with van der Waals surface area (Å²) in [5.74, 6) is 0.154. The highest BCUT2D eigenvalue weighted by atomic mass is 32.1. The molecule has 1 heterocycles. The van der Waals surface area contributed by atoms with Gasteiger partial charge in [0, 0.05) is 4.88 Å². The second-order valence-electron chi connectivity index (χ2n) is 4.58. The zero-order chi connectivity index (χ0) is 16.8. The van der Waals surface area contributed by atoms with Crippen LogP contribution in [0.4, 0.5) is 5.00 Å².